The van der Waals surface area contributed by atoms with E-state index in [1.165, 1.54) is 22.5 Å². The van der Waals surface area contributed by atoms with Crippen molar-refractivity contribution in [1.29, 1.82) is 0 Å². The molecule has 2 heterocycles. The number of hydrogen-bond donors (Lipinski definition) is 1. The van der Waals surface area contributed by atoms with Gasteiger partial charge in [0.15, 0.2) is 6.33 Å². The number of nitrogens with two attached hydrogens (primary N) is 1. The number of sulfonamides is 1. The number of thiophene rings is 1. The van der Waals surface area contributed by atoms with Crippen molar-refractivity contribution in [2.75, 3.05) is 0 Å². The summed E-state index contributed by atoms with van der Waals surface area (Å²) in [4.78, 5) is 1.49. The third kappa shape index (κ3) is 4.12. The van der Waals surface area contributed by atoms with Crippen LogP contribution in [-0.2, 0) is 23.0 Å². The summed E-state index contributed by atoms with van der Waals surface area (Å²) in [6, 6.07) is 7.70. The highest BCUT2D eigenvalue weighted by molar-refractivity contribution is 7.91. The standard InChI is InChI=1S/C16H19N5O2S2/c1-2-3-4-14-10-24-16(25(17,22)23)15(14)13-7-5-12(6-8-13)9-21-19-11-18-20-21/h5-8,10-11H,2-4,9H2,1H3,(H2,17,22,23). The zero-order chi connectivity index (χ0) is 17.9. The molecule has 0 spiro atoms. The van der Waals surface area contributed by atoms with Crippen molar-refractivity contribution in [3.63, 3.8) is 0 Å². The van der Waals surface area contributed by atoms with E-state index in [1.807, 2.05) is 29.6 Å². The van der Waals surface area contributed by atoms with Gasteiger partial charge < -0.3 is 0 Å². The maximum atomic E-state index is 12.0. The Morgan fingerprint density at radius 1 is 1.24 bits per heavy atom. The minimum atomic E-state index is -3.75. The lowest BCUT2D eigenvalue weighted by Gasteiger charge is -2.08. The van der Waals surface area contributed by atoms with Gasteiger partial charge in [0.05, 0.1) is 6.54 Å². The Morgan fingerprint density at radius 3 is 2.60 bits per heavy atom. The lowest BCUT2D eigenvalue weighted by Crippen LogP contribution is -2.11. The van der Waals surface area contributed by atoms with Gasteiger partial charge in [-0.1, -0.05) is 37.6 Å². The maximum Gasteiger partial charge on any atom is 0.248 e. The third-order valence-electron chi connectivity index (χ3n) is 3.85. The molecule has 3 rings (SSSR count). The van der Waals surface area contributed by atoms with Crippen molar-refractivity contribution in [2.24, 2.45) is 5.14 Å². The normalized spacial score (nSPS) is 11.8. The quantitative estimate of drug-likeness (QED) is 0.681. The zero-order valence-corrected chi connectivity index (χ0v) is 15.4. The first-order valence-electron chi connectivity index (χ1n) is 7.92. The number of hydrogen-bond acceptors (Lipinski definition) is 6. The molecular weight excluding hydrogens is 358 g/mol. The van der Waals surface area contributed by atoms with Crippen molar-refractivity contribution >= 4 is 21.4 Å². The van der Waals surface area contributed by atoms with E-state index in [2.05, 4.69) is 22.3 Å². The molecule has 2 aromatic heterocycles. The van der Waals surface area contributed by atoms with Gasteiger partial charge >= 0.3 is 0 Å². The van der Waals surface area contributed by atoms with E-state index in [0.29, 0.717) is 6.54 Å². The molecule has 0 aliphatic rings. The minimum absolute atomic E-state index is 0.226. The second kappa shape index (κ2) is 7.42. The van der Waals surface area contributed by atoms with E-state index >= 15 is 0 Å². The minimum Gasteiger partial charge on any atom is -0.224 e. The highest BCUT2D eigenvalue weighted by Crippen LogP contribution is 2.36. The molecule has 2 N–H and O–H groups in total. The van der Waals surface area contributed by atoms with Gasteiger partial charge in [-0.25, -0.2) is 13.6 Å². The molecule has 7 nitrogen and oxygen atoms in total. The van der Waals surface area contributed by atoms with E-state index in [1.54, 1.807) is 0 Å². The van der Waals surface area contributed by atoms with Gasteiger partial charge in [0, 0.05) is 5.56 Å². The Balaban J connectivity index is 1.95. The molecule has 0 aliphatic carbocycles. The Labute approximate surface area is 150 Å². The Bertz CT molecular complexity index is 932. The van der Waals surface area contributed by atoms with Gasteiger partial charge in [-0.3, -0.25) is 0 Å². The van der Waals surface area contributed by atoms with Crippen LogP contribution in [0.25, 0.3) is 11.1 Å². The Hall–Kier alpha value is -2.10. The molecule has 132 valence electrons. The number of aromatic nitrogens is 4. The van der Waals surface area contributed by atoms with Crippen molar-refractivity contribution in [3.8, 4) is 11.1 Å². The predicted octanol–water partition coefficient (Wildman–Crippen LogP) is 2.44. The molecule has 0 unspecified atom stereocenters. The molecule has 25 heavy (non-hydrogen) atoms. The molecule has 0 fully saturated rings. The first kappa shape index (κ1) is 17.7. The Morgan fingerprint density at radius 2 is 2.00 bits per heavy atom. The maximum absolute atomic E-state index is 12.0. The summed E-state index contributed by atoms with van der Waals surface area (Å²) in [7, 11) is -3.75. The smallest absolute Gasteiger partial charge is 0.224 e. The zero-order valence-electron chi connectivity index (χ0n) is 13.8. The van der Waals surface area contributed by atoms with Crippen LogP contribution in [-0.4, -0.2) is 28.6 Å². The van der Waals surface area contributed by atoms with Crippen LogP contribution in [0.4, 0.5) is 0 Å². The molecule has 0 radical (unpaired) electrons. The number of primary sulfonamides is 1. The summed E-state index contributed by atoms with van der Waals surface area (Å²) in [6.45, 7) is 2.62. The summed E-state index contributed by atoms with van der Waals surface area (Å²) in [6.07, 6.45) is 4.27. The van der Waals surface area contributed by atoms with Crippen molar-refractivity contribution in [3.05, 3.63) is 47.1 Å². The third-order valence-corrected chi connectivity index (χ3v) is 6.38. The first-order valence-corrected chi connectivity index (χ1v) is 10.3. The van der Waals surface area contributed by atoms with Gasteiger partial charge in [-0.2, -0.15) is 4.80 Å². The van der Waals surface area contributed by atoms with E-state index < -0.39 is 10.0 Å². The average Bonchev–Trinajstić information content (AvgIpc) is 3.22. The lowest BCUT2D eigenvalue weighted by molar-refractivity contribution is 0.572. The molecule has 0 amide bonds. The fourth-order valence-corrected chi connectivity index (χ4v) is 4.70. The largest absolute Gasteiger partial charge is 0.248 e. The van der Waals surface area contributed by atoms with E-state index in [4.69, 9.17) is 5.14 Å². The fraction of sp³-hybridized carbons (Fsp3) is 0.312. The molecule has 1 aromatic carbocycles. The summed E-state index contributed by atoms with van der Waals surface area (Å²) in [5.74, 6) is 0. The van der Waals surface area contributed by atoms with Gasteiger partial charge in [0.2, 0.25) is 10.0 Å². The molecule has 3 aromatic rings. The van der Waals surface area contributed by atoms with Crippen LogP contribution >= 0.6 is 11.3 Å². The highest BCUT2D eigenvalue weighted by Gasteiger charge is 2.21. The first-order chi connectivity index (χ1) is 12.0. The molecule has 0 saturated carbocycles. The van der Waals surface area contributed by atoms with E-state index in [0.717, 1.165) is 41.5 Å². The molecule has 0 saturated heterocycles. The summed E-state index contributed by atoms with van der Waals surface area (Å²) >= 11 is 1.19. The molecule has 0 bridgehead atoms. The summed E-state index contributed by atoms with van der Waals surface area (Å²) in [5.41, 5.74) is 3.61. The number of aryl methyl sites for hydroxylation is 1. The second-order valence-electron chi connectivity index (χ2n) is 5.74. The monoisotopic (exact) mass is 377 g/mol. The van der Waals surface area contributed by atoms with E-state index in [9.17, 15) is 8.42 Å². The van der Waals surface area contributed by atoms with Crippen LogP contribution in [0.5, 0.6) is 0 Å². The average molecular weight is 377 g/mol. The highest BCUT2D eigenvalue weighted by atomic mass is 32.2. The number of rotatable bonds is 7. The van der Waals surface area contributed by atoms with Gasteiger partial charge in [0.1, 0.15) is 4.21 Å². The van der Waals surface area contributed by atoms with Crippen molar-refractivity contribution in [2.45, 2.75) is 36.9 Å². The number of tetrazole rings is 1. The van der Waals surface area contributed by atoms with Crippen LogP contribution in [0.15, 0.2) is 40.2 Å². The molecular formula is C16H19N5O2S2. The topological polar surface area (TPSA) is 104 Å². The van der Waals surface area contributed by atoms with Gasteiger partial charge in [-0.15, -0.1) is 21.5 Å². The van der Waals surface area contributed by atoms with Crippen LogP contribution in [0.3, 0.4) is 0 Å². The van der Waals surface area contributed by atoms with E-state index in [-0.39, 0.29) is 4.21 Å². The number of nitrogens with zero attached hydrogens (tertiary/aromatic N) is 4. The fourth-order valence-electron chi connectivity index (χ4n) is 2.64. The number of unbranched alkanes of at least 4 members (excludes halogenated alkanes) is 1. The van der Waals surface area contributed by atoms with Crippen molar-refractivity contribution in [1.82, 2.24) is 20.2 Å². The predicted molar refractivity (Wildman–Crippen MR) is 96.7 cm³/mol. The van der Waals surface area contributed by atoms with Gasteiger partial charge in [0.25, 0.3) is 0 Å². The SMILES string of the molecule is CCCCc1csc(S(N)(=O)=O)c1-c1ccc(Cn2ncnn2)cc1. The summed E-state index contributed by atoms with van der Waals surface area (Å²) < 4.78 is 24.1. The number of benzene rings is 1. The van der Waals surface area contributed by atoms with Crippen LogP contribution in [0.2, 0.25) is 0 Å². The van der Waals surface area contributed by atoms with Crippen LogP contribution in [0.1, 0.15) is 30.9 Å². The Kier molecular flexibility index (Phi) is 5.26. The lowest BCUT2D eigenvalue weighted by atomic mass is 10.00. The molecule has 9 heteroatoms. The van der Waals surface area contributed by atoms with Crippen LogP contribution < -0.4 is 5.14 Å². The van der Waals surface area contributed by atoms with Gasteiger partial charge in [-0.05, 0) is 40.1 Å². The van der Waals surface area contributed by atoms with Crippen LogP contribution in [0, 0.1) is 0 Å². The summed E-state index contributed by atoms with van der Waals surface area (Å²) in [5, 5.41) is 18.8. The second-order valence-corrected chi connectivity index (χ2v) is 8.37. The van der Waals surface area contributed by atoms with Crippen molar-refractivity contribution < 1.29 is 8.42 Å². The molecule has 0 aliphatic heterocycles. The molecule has 0 atom stereocenters.